The lowest BCUT2D eigenvalue weighted by molar-refractivity contribution is -0.142. The number of benzene rings is 1. The summed E-state index contributed by atoms with van der Waals surface area (Å²) in [7, 11) is 0. The molecule has 2 heterocycles. The van der Waals surface area contributed by atoms with Gasteiger partial charge in [0.1, 0.15) is 6.04 Å². The first kappa shape index (κ1) is 17.2. The largest absolute Gasteiger partial charge is 0.480 e. The molecule has 0 saturated carbocycles. The predicted octanol–water partition coefficient (Wildman–Crippen LogP) is 1.54. The predicted molar refractivity (Wildman–Crippen MR) is 90.2 cm³/mol. The molecular formula is C18H21N3O4. The van der Waals surface area contributed by atoms with E-state index in [1.807, 2.05) is 30.3 Å². The van der Waals surface area contributed by atoms with Crippen LogP contribution in [0.1, 0.15) is 28.8 Å². The van der Waals surface area contributed by atoms with Gasteiger partial charge in [0.15, 0.2) is 0 Å². The summed E-state index contributed by atoms with van der Waals surface area (Å²) in [4.78, 5) is 23.9. The van der Waals surface area contributed by atoms with Crippen molar-refractivity contribution in [3.8, 4) is 0 Å². The zero-order chi connectivity index (χ0) is 17.6. The second-order valence-corrected chi connectivity index (χ2v) is 6.18. The van der Waals surface area contributed by atoms with E-state index in [2.05, 4.69) is 10.4 Å². The molecule has 0 aliphatic carbocycles. The minimum Gasteiger partial charge on any atom is -0.480 e. The summed E-state index contributed by atoms with van der Waals surface area (Å²) < 4.78 is 7.00. The highest BCUT2D eigenvalue weighted by Crippen LogP contribution is 2.18. The molecule has 132 valence electrons. The van der Waals surface area contributed by atoms with Gasteiger partial charge in [-0.2, -0.15) is 5.10 Å². The number of hydrogen-bond donors (Lipinski definition) is 2. The molecule has 1 amide bonds. The summed E-state index contributed by atoms with van der Waals surface area (Å²) in [5.74, 6) is -1.69. The monoisotopic (exact) mass is 343 g/mol. The van der Waals surface area contributed by atoms with Gasteiger partial charge in [0.2, 0.25) is 0 Å². The van der Waals surface area contributed by atoms with Crippen molar-refractivity contribution in [1.29, 1.82) is 0 Å². The number of carboxylic acid groups (broad SMARTS) is 1. The fourth-order valence-corrected chi connectivity index (χ4v) is 2.97. The third kappa shape index (κ3) is 4.45. The SMILES string of the molecule is O=C(NC(C(=O)O)C1CCCOC1)c1cnn(Cc2ccccc2)c1. The van der Waals surface area contributed by atoms with Crippen LogP contribution in [-0.4, -0.2) is 46.0 Å². The average Bonchev–Trinajstić information content (AvgIpc) is 3.09. The maximum atomic E-state index is 12.4. The zero-order valence-electron chi connectivity index (χ0n) is 13.8. The van der Waals surface area contributed by atoms with E-state index in [0.29, 0.717) is 25.3 Å². The zero-order valence-corrected chi connectivity index (χ0v) is 13.8. The number of carbonyl (C=O) groups excluding carboxylic acids is 1. The third-order valence-electron chi connectivity index (χ3n) is 4.30. The number of ether oxygens (including phenoxy) is 1. The number of nitrogens with zero attached hydrogens (tertiary/aromatic N) is 2. The summed E-state index contributed by atoms with van der Waals surface area (Å²) in [6.45, 7) is 1.54. The molecule has 1 aliphatic heterocycles. The lowest BCUT2D eigenvalue weighted by Gasteiger charge is -2.27. The first-order valence-electron chi connectivity index (χ1n) is 8.31. The summed E-state index contributed by atoms with van der Waals surface area (Å²) in [5, 5.41) is 16.2. The Hall–Kier alpha value is -2.67. The molecule has 7 heteroatoms. The van der Waals surface area contributed by atoms with Gasteiger partial charge in [-0.15, -0.1) is 0 Å². The molecule has 1 aromatic carbocycles. The van der Waals surface area contributed by atoms with E-state index < -0.39 is 17.9 Å². The van der Waals surface area contributed by atoms with Crippen molar-refractivity contribution in [2.75, 3.05) is 13.2 Å². The van der Waals surface area contributed by atoms with Crippen LogP contribution in [0.5, 0.6) is 0 Å². The fourth-order valence-electron chi connectivity index (χ4n) is 2.97. The number of hydrogen-bond acceptors (Lipinski definition) is 4. The molecule has 25 heavy (non-hydrogen) atoms. The molecular weight excluding hydrogens is 322 g/mol. The Morgan fingerprint density at radius 3 is 2.84 bits per heavy atom. The Morgan fingerprint density at radius 1 is 1.36 bits per heavy atom. The van der Waals surface area contributed by atoms with E-state index in [4.69, 9.17) is 4.74 Å². The Morgan fingerprint density at radius 2 is 2.16 bits per heavy atom. The van der Waals surface area contributed by atoms with Crippen LogP contribution in [0.4, 0.5) is 0 Å². The number of carbonyl (C=O) groups is 2. The van der Waals surface area contributed by atoms with Crippen LogP contribution in [0.25, 0.3) is 0 Å². The van der Waals surface area contributed by atoms with Gasteiger partial charge in [0.25, 0.3) is 5.91 Å². The number of aromatic nitrogens is 2. The van der Waals surface area contributed by atoms with Gasteiger partial charge in [-0.1, -0.05) is 30.3 Å². The number of amides is 1. The van der Waals surface area contributed by atoms with Gasteiger partial charge in [-0.25, -0.2) is 4.79 Å². The van der Waals surface area contributed by atoms with Gasteiger partial charge in [0.05, 0.1) is 24.9 Å². The van der Waals surface area contributed by atoms with Crippen LogP contribution < -0.4 is 5.32 Å². The van der Waals surface area contributed by atoms with Crippen molar-refractivity contribution in [2.24, 2.45) is 5.92 Å². The molecule has 2 atom stereocenters. The van der Waals surface area contributed by atoms with E-state index in [1.54, 1.807) is 10.9 Å². The first-order chi connectivity index (χ1) is 12.1. The van der Waals surface area contributed by atoms with Crippen molar-refractivity contribution >= 4 is 11.9 Å². The molecule has 3 rings (SSSR count). The molecule has 1 fully saturated rings. The minimum atomic E-state index is -1.04. The van der Waals surface area contributed by atoms with Crippen LogP contribution >= 0.6 is 0 Å². The summed E-state index contributed by atoms with van der Waals surface area (Å²) >= 11 is 0. The van der Waals surface area contributed by atoms with Gasteiger partial charge >= 0.3 is 5.97 Å². The van der Waals surface area contributed by atoms with E-state index in [0.717, 1.165) is 18.4 Å². The molecule has 1 saturated heterocycles. The quantitative estimate of drug-likeness (QED) is 0.830. The lowest BCUT2D eigenvalue weighted by Crippen LogP contribution is -2.48. The number of nitrogens with one attached hydrogen (secondary N) is 1. The maximum absolute atomic E-state index is 12.4. The van der Waals surface area contributed by atoms with Crippen LogP contribution in [0, 0.1) is 5.92 Å². The third-order valence-corrected chi connectivity index (χ3v) is 4.30. The minimum absolute atomic E-state index is 0.213. The second-order valence-electron chi connectivity index (χ2n) is 6.18. The molecule has 2 N–H and O–H groups in total. The highest BCUT2D eigenvalue weighted by molar-refractivity contribution is 5.96. The second kappa shape index (κ2) is 7.94. The van der Waals surface area contributed by atoms with E-state index in [-0.39, 0.29) is 5.92 Å². The number of carboxylic acids is 1. The smallest absolute Gasteiger partial charge is 0.326 e. The van der Waals surface area contributed by atoms with Crippen molar-refractivity contribution in [2.45, 2.75) is 25.4 Å². The van der Waals surface area contributed by atoms with Crippen LogP contribution in [-0.2, 0) is 16.1 Å². The van der Waals surface area contributed by atoms with Crippen molar-refractivity contribution in [3.63, 3.8) is 0 Å². The molecule has 2 aromatic rings. The van der Waals surface area contributed by atoms with Crippen LogP contribution in [0.15, 0.2) is 42.7 Å². The molecule has 7 nitrogen and oxygen atoms in total. The van der Waals surface area contributed by atoms with Gasteiger partial charge in [-0.3, -0.25) is 9.48 Å². The highest BCUT2D eigenvalue weighted by atomic mass is 16.5. The summed E-state index contributed by atoms with van der Waals surface area (Å²) in [6.07, 6.45) is 4.61. The molecule has 1 aliphatic rings. The van der Waals surface area contributed by atoms with Gasteiger partial charge in [0, 0.05) is 18.7 Å². The Kier molecular flexibility index (Phi) is 5.45. The van der Waals surface area contributed by atoms with Crippen molar-refractivity contribution in [1.82, 2.24) is 15.1 Å². The maximum Gasteiger partial charge on any atom is 0.326 e. The standard InChI is InChI=1S/C18H21N3O4/c22-17(20-16(18(23)24)14-7-4-8-25-12-14)15-9-19-21(11-15)10-13-5-2-1-3-6-13/h1-3,5-6,9,11,14,16H,4,7-8,10,12H2,(H,20,22)(H,23,24). The number of aliphatic carboxylic acids is 1. The van der Waals surface area contributed by atoms with E-state index >= 15 is 0 Å². The molecule has 1 aromatic heterocycles. The lowest BCUT2D eigenvalue weighted by atomic mass is 9.93. The highest BCUT2D eigenvalue weighted by Gasteiger charge is 2.31. The normalized spacial score (nSPS) is 18.5. The van der Waals surface area contributed by atoms with Crippen molar-refractivity contribution < 1.29 is 19.4 Å². The summed E-state index contributed by atoms with van der Waals surface area (Å²) in [5.41, 5.74) is 1.42. The van der Waals surface area contributed by atoms with Gasteiger partial charge < -0.3 is 15.2 Å². The van der Waals surface area contributed by atoms with Crippen molar-refractivity contribution in [3.05, 3.63) is 53.9 Å². The van der Waals surface area contributed by atoms with Crippen LogP contribution in [0.2, 0.25) is 0 Å². The van der Waals surface area contributed by atoms with E-state index in [1.165, 1.54) is 6.20 Å². The molecule has 2 unspecified atom stereocenters. The fraction of sp³-hybridized carbons (Fsp3) is 0.389. The average molecular weight is 343 g/mol. The van der Waals surface area contributed by atoms with Crippen LogP contribution in [0.3, 0.4) is 0 Å². The van der Waals surface area contributed by atoms with E-state index in [9.17, 15) is 14.7 Å². The summed E-state index contributed by atoms with van der Waals surface area (Å²) in [6, 6.07) is 8.82. The molecule has 0 bridgehead atoms. The first-order valence-corrected chi connectivity index (χ1v) is 8.31. The Balaban J connectivity index is 1.64. The molecule has 0 spiro atoms. The topological polar surface area (TPSA) is 93.5 Å². The number of rotatable bonds is 6. The Labute approximate surface area is 145 Å². The Bertz CT molecular complexity index is 723. The molecule has 0 radical (unpaired) electrons. The van der Waals surface area contributed by atoms with Gasteiger partial charge in [-0.05, 0) is 18.4 Å².